The van der Waals surface area contributed by atoms with Gasteiger partial charge in [-0.25, -0.2) is 9.78 Å². The van der Waals surface area contributed by atoms with Crippen molar-refractivity contribution >= 4 is 17.6 Å². The van der Waals surface area contributed by atoms with Gasteiger partial charge < -0.3 is 10.1 Å². The number of aromatic nitrogens is 2. The highest BCUT2D eigenvalue weighted by Crippen LogP contribution is 2.14. The molecule has 0 aliphatic carbocycles. The number of carboxylic acid groups (broad SMARTS) is 1. The van der Waals surface area contributed by atoms with E-state index in [2.05, 4.69) is 9.97 Å². The zero-order chi connectivity index (χ0) is 9.14. The van der Waals surface area contributed by atoms with E-state index in [0.29, 0.717) is 5.69 Å². The van der Waals surface area contributed by atoms with Gasteiger partial charge in [0.25, 0.3) is 0 Å². The van der Waals surface area contributed by atoms with Crippen LogP contribution in [0.4, 0.5) is 0 Å². The summed E-state index contributed by atoms with van der Waals surface area (Å²) in [5.74, 6) is -1.18. The fraction of sp³-hybridized carbons (Fsp3) is 0.429. The summed E-state index contributed by atoms with van der Waals surface area (Å²) in [5.41, 5.74) is 0.691. The highest BCUT2D eigenvalue weighted by molar-refractivity contribution is 6.30. The molecule has 0 spiro atoms. The number of carboxylic acids is 1. The lowest BCUT2D eigenvalue weighted by atomic mass is 10.3. The first-order valence-corrected chi connectivity index (χ1v) is 4.00. The van der Waals surface area contributed by atoms with Crippen molar-refractivity contribution in [2.45, 2.75) is 19.8 Å². The predicted molar refractivity (Wildman–Crippen MR) is 44.6 cm³/mol. The first kappa shape index (κ1) is 9.06. The van der Waals surface area contributed by atoms with Gasteiger partial charge in [0.1, 0.15) is 0 Å². The van der Waals surface area contributed by atoms with Crippen LogP contribution in [0.1, 0.15) is 29.7 Å². The van der Waals surface area contributed by atoms with E-state index in [9.17, 15) is 4.79 Å². The van der Waals surface area contributed by atoms with Gasteiger partial charge in [0.05, 0.1) is 5.69 Å². The largest absolute Gasteiger partial charge is 0.475 e. The monoisotopic (exact) mass is 188 g/mol. The number of aryl methyl sites for hydroxylation is 1. The Balaban J connectivity index is 2.92. The Kier molecular flexibility index (Phi) is 2.70. The summed E-state index contributed by atoms with van der Waals surface area (Å²) < 4.78 is 0. The second-order valence-electron chi connectivity index (χ2n) is 2.41. The van der Waals surface area contributed by atoms with Crippen molar-refractivity contribution in [1.82, 2.24) is 9.97 Å². The van der Waals surface area contributed by atoms with E-state index in [0.717, 1.165) is 12.8 Å². The lowest BCUT2D eigenvalue weighted by Crippen LogP contribution is -1.98. The third kappa shape index (κ3) is 1.76. The number of carbonyl (C=O) groups is 1. The molecule has 1 rings (SSSR count). The van der Waals surface area contributed by atoms with Gasteiger partial charge >= 0.3 is 5.97 Å². The lowest BCUT2D eigenvalue weighted by molar-refractivity contribution is 0.0684. The zero-order valence-corrected chi connectivity index (χ0v) is 7.35. The summed E-state index contributed by atoms with van der Waals surface area (Å²) in [6.07, 6.45) is 1.63. The van der Waals surface area contributed by atoms with Crippen LogP contribution in [-0.4, -0.2) is 21.0 Å². The van der Waals surface area contributed by atoms with Crippen molar-refractivity contribution < 1.29 is 9.90 Å². The third-order valence-corrected chi connectivity index (χ3v) is 1.74. The molecule has 66 valence electrons. The zero-order valence-electron chi connectivity index (χ0n) is 6.59. The molecule has 2 N–H and O–H groups in total. The minimum Gasteiger partial charge on any atom is -0.475 e. The van der Waals surface area contributed by atoms with Gasteiger partial charge in [-0.2, -0.15) is 0 Å². The van der Waals surface area contributed by atoms with E-state index < -0.39 is 5.97 Å². The molecular weight excluding hydrogens is 180 g/mol. The molecule has 0 amide bonds. The maximum atomic E-state index is 10.4. The summed E-state index contributed by atoms with van der Waals surface area (Å²) in [4.78, 5) is 16.7. The van der Waals surface area contributed by atoms with Gasteiger partial charge in [-0.15, -0.1) is 0 Å². The Bertz CT molecular complexity index is 296. The van der Waals surface area contributed by atoms with Crippen LogP contribution in [-0.2, 0) is 6.42 Å². The summed E-state index contributed by atoms with van der Waals surface area (Å²) in [6, 6.07) is 0. The fourth-order valence-electron chi connectivity index (χ4n) is 0.905. The van der Waals surface area contributed by atoms with Crippen molar-refractivity contribution in [2.24, 2.45) is 0 Å². The van der Waals surface area contributed by atoms with E-state index in [1.165, 1.54) is 0 Å². The first-order chi connectivity index (χ1) is 5.65. The Hall–Kier alpha value is -1.03. The number of aromatic amines is 1. The van der Waals surface area contributed by atoms with Gasteiger partial charge in [-0.1, -0.05) is 24.9 Å². The van der Waals surface area contributed by atoms with E-state index in [4.69, 9.17) is 16.7 Å². The Morgan fingerprint density at radius 1 is 1.75 bits per heavy atom. The summed E-state index contributed by atoms with van der Waals surface area (Å²) in [7, 11) is 0. The molecule has 1 heterocycles. The normalized spacial score (nSPS) is 10.2. The number of aromatic carboxylic acids is 1. The minimum absolute atomic E-state index is 0.0940. The lowest BCUT2D eigenvalue weighted by Gasteiger charge is -1.90. The van der Waals surface area contributed by atoms with Crippen molar-refractivity contribution in [2.75, 3.05) is 0 Å². The number of H-pyrrole nitrogens is 1. The van der Waals surface area contributed by atoms with Gasteiger partial charge in [0.2, 0.25) is 5.82 Å². The molecule has 0 unspecified atom stereocenters. The molecule has 0 radical (unpaired) electrons. The molecule has 0 fully saturated rings. The van der Waals surface area contributed by atoms with Gasteiger partial charge in [0.15, 0.2) is 5.15 Å². The molecule has 0 atom stereocenters. The van der Waals surface area contributed by atoms with Crippen LogP contribution in [0.3, 0.4) is 0 Å². The number of nitrogens with one attached hydrogen (secondary N) is 1. The topological polar surface area (TPSA) is 66.0 Å². The number of halogens is 1. The smallest absolute Gasteiger partial charge is 0.371 e. The molecule has 0 aliphatic heterocycles. The van der Waals surface area contributed by atoms with Crippen LogP contribution >= 0.6 is 11.6 Å². The molecule has 0 saturated heterocycles. The average Bonchev–Trinajstić information content (AvgIpc) is 2.34. The Morgan fingerprint density at radius 2 is 2.42 bits per heavy atom. The minimum atomic E-state index is -1.08. The summed E-state index contributed by atoms with van der Waals surface area (Å²) in [6.45, 7) is 1.98. The molecule has 1 aromatic rings. The van der Waals surface area contributed by atoms with E-state index in [-0.39, 0.29) is 11.0 Å². The number of rotatable bonds is 3. The highest BCUT2D eigenvalue weighted by Gasteiger charge is 2.11. The van der Waals surface area contributed by atoms with Crippen molar-refractivity contribution in [3.05, 3.63) is 16.7 Å². The van der Waals surface area contributed by atoms with Crippen LogP contribution in [0, 0.1) is 0 Å². The van der Waals surface area contributed by atoms with E-state index >= 15 is 0 Å². The molecule has 5 heteroatoms. The van der Waals surface area contributed by atoms with Crippen LogP contribution in [0.25, 0.3) is 0 Å². The van der Waals surface area contributed by atoms with E-state index in [1.54, 1.807) is 0 Å². The Morgan fingerprint density at radius 3 is 2.83 bits per heavy atom. The summed E-state index contributed by atoms with van der Waals surface area (Å²) in [5, 5.41) is 8.80. The van der Waals surface area contributed by atoms with Crippen LogP contribution in [0.2, 0.25) is 5.15 Å². The Labute approximate surface area is 74.6 Å². The van der Waals surface area contributed by atoms with Crippen molar-refractivity contribution in [3.63, 3.8) is 0 Å². The number of hydrogen-bond acceptors (Lipinski definition) is 2. The third-order valence-electron chi connectivity index (χ3n) is 1.43. The van der Waals surface area contributed by atoms with Crippen LogP contribution < -0.4 is 0 Å². The molecular formula is C7H9ClN2O2. The SMILES string of the molecule is CCCc1[nH]c(C(=O)O)nc1Cl. The van der Waals surface area contributed by atoms with Crippen LogP contribution in [0.5, 0.6) is 0 Å². The number of imidazole rings is 1. The highest BCUT2D eigenvalue weighted by atomic mass is 35.5. The standard InChI is InChI=1S/C7H9ClN2O2/c1-2-3-4-5(8)10-6(9-4)7(11)12/h2-3H2,1H3,(H,9,10)(H,11,12). The quantitative estimate of drug-likeness (QED) is 0.759. The molecule has 12 heavy (non-hydrogen) atoms. The van der Waals surface area contributed by atoms with E-state index in [1.807, 2.05) is 6.92 Å². The molecule has 1 aromatic heterocycles. The fourth-order valence-corrected chi connectivity index (χ4v) is 1.13. The van der Waals surface area contributed by atoms with Crippen molar-refractivity contribution in [1.29, 1.82) is 0 Å². The van der Waals surface area contributed by atoms with Gasteiger partial charge in [0, 0.05) is 0 Å². The molecule has 0 aromatic carbocycles. The van der Waals surface area contributed by atoms with Gasteiger partial charge in [-0.05, 0) is 6.42 Å². The van der Waals surface area contributed by atoms with Crippen LogP contribution in [0.15, 0.2) is 0 Å². The maximum absolute atomic E-state index is 10.4. The van der Waals surface area contributed by atoms with Crippen molar-refractivity contribution in [3.8, 4) is 0 Å². The number of hydrogen-bond donors (Lipinski definition) is 2. The number of nitrogens with zero attached hydrogens (tertiary/aromatic N) is 1. The van der Waals surface area contributed by atoms with Gasteiger partial charge in [-0.3, -0.25) is 0 Å². The predicted octanol–water partition coefficient (Wildman–Crippen LogP) is 1.71. The summed E-state index contributed by atoms with van der Waals surface area (Å²) >= 11 is 5.66. The first-order valence-electron chi connectivity index (χ1n) is 3.62. The second-order valence-corrected chi connectivity index (χ2v) is 2.77. The molecule has 0 bridgehead atoms. The molecule has 4 nitrogen and oxygen atoms in total. The maximum Gasteiger partial charge on any atom is 0.371 e. The molecule has 0 aliphatic rings. The second kappa shape index (κ2) is 3.58. The molecule has 0 saturated carbocycles. The average molecular weight is 189 g/mol.